The molecule has 2 nitrogen and oxygen atoms in total. The Balaban J connectivity index is 2.38. The summed E-state index contributed by atoms with van der Waals surface area (Å²) in [6.07, 6.45) is 0.110. The summed E-state index contributed by atoms with van der Waals surface area (Å²) >= 11 is 0. The first-order chi connectivity index (χ1) is 4.70. The average Bonchev–Trinajstić information content (AvgIpc) is 2.04. The molecular formula is C7H14BO2. The van der Waals surface area contributed by atoms with Crippen LogP contribution in [-0.4, -0.2) is 25.3 Å². The molecule has 1 aliphatic rings. The standard InChI is InChI=1S/C7H14BO2/c1-5-4-10-7(9)3-8-6(5)2/h5-7,9H,3-4H2,1-2H3. The van der Waals surface area contributed by atoms with Crippen molar-refractivity contribution in [2.75, 3.05) is 6.61 Å². The second kappa shape index (κ2) is 3.40. The van der Waals surface area contributed by atoms with Crippen molar-refractivity contribution in [3.8, 4) is 0 Å². The summed E-state index contributed by atoms with van der Waals surface area (Å²) in [5.74, 6) is 1.11. The molecule has 1 rings (SSSR count). The van der Waals surface area contributed by atoms with Gasteiger partial charge in [0.15, 0.2) is 0 Å². The van der Waals surface area contributed by atoms with Crippen LogP contribution in [0, 0.1) is 5.92 Å². The maximum absolute atomic E-state index is 9.07. The molecule has 1 aliphatic heterocycles. The Morgan fingerprint density at radius 3 is 2.90 bits per heavy atom. The van der Waals surface area contributed by atoms with Gasteiger partial charge in [0.1, 0.15) is 13.6 Å². The second-order valence-electron chi connectivity index (χ2n) is 3.10. The van der Waals surface area contributed by atoms with E-state index in [4.69, 9.17) is 9.84 Å². The molecule has 0 aliphatic carbocycles. The maximum Gasteiger partial charge on any atom is 0.147 e. The molecule has 57 valence electrons. The molecule has 1 heterocycles. The predicted octanol–water partition coefficient (Wildman–Crippen LogP) is 0.902. The molecule has 3 heteroatoms. The zero-order valence-electron chi connectivity index (χ0n) is 6.58. The number of aliphatic hydroxyl groups is 1. The molecular weight excluding hydrogens is 127 g/mol. The minimum Gasteiger partial charge on any atom is -0.369 e. The average molecular weight is 141 g/mol. The van der Waals surface area contributed by atoms with Crippen LogP contribution in [0.1, 0.15) is 13.8 Å². The maximum atomic E-state index is 9.07. The summed E-state index contributed by atoms with van der Waals surface area (Å²) in [4.78, 5) is 0. The lowest BCUT2D eigenvalue weighted by molar-refractivity contribution is -0.0903. The molecule has 10 heavy (non-hydrogen) atoms. The normalized spacial score (nSPS) is 42.1. The molecule has 3 atom stereocenters. The van der Waals surface area contributed by atoms with Crippen molar-refractivity contribution >= 4 is 7.28 Å². The highest BCUT2D eigenvalue weighted by molar-refractivity contribution is 6.37. The van der Waals surface area contributed by atoms with Crippen LogP contribution >= 0.6 is 0 Å². The van der Waals surface area contributed by atoms with Gasteiger partial charge >= 0.3 is 0 Å². The van der Waals surface area contributed by atoms with E-state index in [1.807, 2.05) is 0 Å². The topological polar surface area (TPSA) is 29.5 Å². The fourth-order valence-electron chi connectivity index (χ4n) is 1.05. The van der Waals surface area contributed by atoms with Gasteiger partial charge in [0.25, 0.3) is 0 Å². The van der Waals surface area contributed by atoms with E-state index in [0.29, 0.717) is 24.7 Å². The lowest BCUT2D eigenvalue weighted by atomic mass is 9.59. The quantitative estimate of drug-likeness (QED) is 0.508. The summed E-state index contributed by atoms with van der Waals surface area (Å²) in [5.41, 5.74) is 0. The molecule has 0 aromatic rings. The molecule has 0 bridgehead atoms. The molecule has 3 unspecified atom stereocenters. The molecule has 0 spiro atoms. The van der Waals surface area contributed by atoms with Crippen molar-refractivity contribution < 1.29 is 9.84 Å². The van der Waals surface area contributed by atoms with Crippen molar-refractivity contribution in [2.24, 2.45) is 5.92 Å². The van der Waals surface area contributed by atoms with Gasteiger partial charge in [0.05, 0.1) is 6.61 Å². The SMILES string of the molecule is CC1[B]CC(O)OCC1C. The van der Waals surface area contributed by atoms with Crippen LogP contribution in [0.2, 0.25) is 12.1 Å². The van der Waals surface area contributed by atoms with Gasteiger partial charge in [0.2, 0.25) is 0 Å². The summed E-state index contributed by atoms with van der Waals surface area (Å²) in [6, 6.07) is 0. The zero-order chi connectivity index (χ0) is 7.56. The smallest absolute Gasteiger partial charge is 0.147 e. The van der Waals surface area contributed by atoms with Crippen molar-refractivity contribution in [1.82, 2.24) is 0 Å². The van der Waals surface area contributed by atoms with Gasteiger partial charge in [-0.2, -0.15) is 0 Å². The van der Waals surface area contributed by atoms with Crippen molar-refractivity contribution in [2.45, 2.75) is 32.3 Å². The Morgan fingerprint density at radius 2 is 2.20 bits per heavy atom. The molecule has 1 saturated heterocycles. The van der Waals surface area contributed by atoms with Crippen molar-refractivity contribution in [3.63, 3.8) is 0 Å². The number of hydrogen-bond acceptors (Lipinski definition) is 2. The van der Waals surface area contributed by atoms with Gasteiger partial charge in [-0.25, -0.2) is 0 Å². The van der Waals surface area contributed by atoms with Crippen molar-refractivity contribution in [3.05, 3.63) is 0 Å². The van der Waals surface area contributed by atoms with E-state index in [2.05, 4.69) is 21.1 Å². The largest absolute Gasteiger partial charge is 0.369 e. The van der Waals surface area contributed by atoms with Crippen LogP contribution in [0.15, 0.2) is 0 Å². The Morgan fingerprint density at radius 1 is 1.50 bits per heavy atom. The van der Waals surface area contributed by atoms with Gasteiger partial charge in [-0.3, -0.25) is 0 Å². The van der Waals surface area contributed by atoms with Crippen molar-refractivity contribution in [1.29, 1.82) is 0 Å². The summed E-state index contributed by atoms with van der Waals surface area (Å²) in [5, 5.41) is 9.07. The van der Waals surface area contributed by atoms with Gasteiger partial charge in [-0.1, -0.05) is 19.7 Å². The zero-order valence-corrected chi connectivity index (χ0v) is 6.58. The van der Waals surface area contributed by atoms with E-state index in [0.717, 1.165) is 0 Å². The van der Waals surface area contributed by atoms with Crippen LogP contribution in [0.5, 0.6) is 0 Å². The van der Waals surface area contributed by atoms with E-state index >= 15 is 0 Å². The minimum atomic E-state index is -0.563. The molecule has 0 saturated carbocycles. The Kier molecular flexibility index (Phi) is 2.75. The second-order valence-corrected chi connectivity index (χ2v) is 3.10. The van der Waals surface area contributed by atoms with E-state index in [1.54, 1.807) is 0 Å². The highest BCUT2D eigenvalue weighted by Gasteiger charge is 2.20. The van der Waals surface area contributed by atoms with Gasteiger partial charge in [-0.05, 0) is 12.2 Å². The third kappa shape index (κ3) is 1.99. The summed E-state index contributed by atoms with van der Waals surface area (Å²) in [7, 11) is 2.13. The fraction of sp³-hybridized carbons (Fsp3) is 1.00. The van der Waals surface area contributed by atoms with Crippen LogP contribution in [0.4, 0.5) is 0 Å². The third-order valence-corrected chi connectivity index (χ3v) is 2.16. The number of aliphatic hydroxyl groups excluding tert-OH is 1. The van der Waals surface area contributed by atoms with Gasteiger partial charge in [0, 0.05) is 0 Å². The molecule has 1 radical (unpaired) electrons. The molecule has 0 amide bonds. The third-order valence-electron chi connectivity index (χ3n) is 2.16. The van der Waals surface area contributed by atoms with Crippen LogP contribution in [0.3, 0.4) is 0 Å². The van der Waals surface area contributed by atoms with E-state index in [1.165, 1.54) is 0 Å². The fourth-order valence-corrected chi connectivity index (χ4v) is 1.05. The minimum absolute atomic E-state index is 0.539. The first kappa shape index (κ1) is 8.09. The lowest BCUT2D eigenvalue weighted by Crippen LogP contribution is -2.11. The van der Waals surface area contributed by atoms with Gasteiger partial charge in [-0.15, -0.1) is 0 Å². The van der Waals surface area contributed by atoms with Crippen LogP contribution in [0.25, 0.3) is 0 Å². The number of ether oxygens (including phenoxy) is 1. The number of hydrogen-bond donors (Lipinski definition) is 1. The highest BCUT2D eigenvalue weighted by Crippen LogP contribution is 2.22. The first-order valence-electron chi connectivity index (χ1n) is 3.83. The summed E-state index contributed by atoms with van der Waals surface area (Å²) < 4.78 is 5.11. The van der Waals surface area contributed by atoms with E-state index in [9.17, 15) is 0 Å². The molecule has 0 aromatic carbocycles. The monoisotopic (exact) mass is 141 g/mol. The van der Waals surface area contributed by atoms with Crippen LogP contribution in [-0.2, 0) is 4.74 Å². The van der Waals surface area contributed by atoms with Crippen LogP contribution < -0.4 is 0 Å². The molecule has 1 N–H and O–H groups in total. The summed E-state index contributed by atoms with van der Waals surface area (Å²) in [6.45, 7) is 4.98. The Hall–Kier alpha value is -0.0151. The molecule has 1 fully saturated rings. The Labute approximate surface area is 62.8 Å². The predicted molar refractivity (Wildman–Crippen MR) is 41.1 cm³/mol. The molecule has 0 aromatic heterocycles. The van der Waals surface area contributed by atoms with E-state index < -0.39 is 6.29 Å². The van der Waals surface area contributed by atoms with E-state index in [-0.39, 0.29) is 0 Å². The highest BCUT2D eigenvalue weighted by atomic mass is 16.6. The number of rotatable bonds is 0. The van der Waals surface area contributed by atoms with Gasteiger partial charge < -0.3 is 9.84 Å². The Bertz CT molecular complexity index is 95.8. The lowest BCUT2D eigenvalue weighted by Gasteiger charge is -2.13. The first-order valence-corrected chi connectivity index (χ1v) is 3.83.